The molecule has 5 nitrogen and oxygen atoms in total. The third kappa shape index (κ3) is 5.49. The van der Waals surface area contributed by atoms with Gasteiger partial charge in [-0.05, 0) is 30.9 Å². The fourth-order valence-electron chi connectivity index (χ4n) is 2.34. The van der Waals surface area contributed by atoms with Gasteiger partial charge in [-0.25, -0.2) is 8.78 Å². The van der Waals surface area contributed by atoms with Gasteiger partial charge in [0.1, 0.15) is 23.2 Å². The van der Waals surface area contributed by atoms with Crippen LogP contribution in [0.25, 0.3) is 0 Å². The first kappa shape index (κ1) is 21.0. The van der Waals surface area contributed by atoms with Crippen molar-refractivity contribution in [1.29, 1.82) is 0 Å². The van der Waals surface area contributed by atoms with Gasteiger partial charge in [0.2, 0.25) is 5.91 Å². The van der Waals surface area contributed by atoms with Crippen LogP contribution in [-0.2, 0) is 4.79 Å². The molecule has 1 aromatic carbocycles. The van der Waals surface area contributed by atoms with Crippen molar-refractivity contribution in [2.45, 2.75) is 52.1 Å². The molecule has 2 amide bonds. The lowest BCUT2D eigenvalue weighted by molar-refractivity contribution is -0.124. The fourth-order valence-corrected chi connectivity index (χ4v) is 2.34. The Morgan fingerprint density at radius 3 is 2.12 bits per heavy atom. The lowest BCUT2D eigenvalue weighted by Crippen LogP contribution is -2.55. The van der Waals surface area contributed by atoms with Crippen molar-refractivity contribution in [3.8, 4) is 0 Å². The molecule has 0 heterocycles. The van der Waals surface area contributed by atoms with E-state index >= 15 is 0 Å². The maximum atomic E-state index is 13.7. The molecule has 0 bridgehead atoms. The first-order valence-corrected chi connectivity index (χ1v) is 8.46. The molecular weight excluding hydrogens is 328 g/mol. The van der Waals surface area contributed by atoms with Gasteiger partial charge in [0.15, 0.2) is 0 Å². The zero-order chi connectivity index (χ0) is 19.2. The van der Waals surface area contributed by atoms with Gasteiger partial charge in [-0.15, -0.1) is 0 Å². The second-order valence-corrected chi connectivity index (χ2v) is 6.58. The van der Waals surface area contributed by atoms with Crippen LogP contribution in [0.2, 0.25) is 0 Å². The third-order valence-electron chi connectivity index (χ3n) is 4.45. The van der Waals surface area contributed by atoms with Gasteiger partial charge in [-0.3, -0.25) is 9.59 Å². The summed E-state index contributed by atoms with van der Waals surface area (Å²) < 4.78 is 27.5. The Kier molecular flexibility index (Phi) is 7.48. The van der Waals surface area contributed by atoms with Crippen molar-refractivity contribution >= 4 is 11.8 Å². The SMILES string of the molecule is CCC(N)(CC)CNC(=O)C(NC(=O)c1c(F)cccc1F)C(C)C. The monoisotopic (exact) mass is 355 g/mol. The quantitative estimate of drug-likeness (QED) is 0.669. The summed E-state index contributed by atoms with van der Waals surface area (Å²) >= 11 is 0. The predicted molar refractivity (Wildman–Crippen MR) is 93.0 cm³/mol. The van der Waals surface area contributed by atoms with Gasteiger partial charge in [-0.1, -0.05) is 33.8 Å². The van der Waals surface area contributed by atoms with Crippen LogP contribution >= 0.6 is 0 Å². The molecule has 0 aliphatic carbocycles. The Morgan fingerprint density at radius 1 is 1.16 bits per heavy atom. The minimum absolute atomic E-state index is 0.256. The van der Waals surface area contributed by atoms with Gasteiger partial charge in [0, 0.05) is 12.1 Å². The van der Waals surface area contributed by atoms with E-state index in [1.165, 1.54) is 6.07 Å². The highest BCUT2D eigenvalue weighted by atomic mass is 19.1. The Morgan fingerprint density at radius 2 is 1.68 bits per heavy atom. The Bertz CT molecular complexity index is 596. The van der Waals surface area contributed by atoms with Crippen LogP contribution in [0.5, 0.6) is 0 Å². The van der Waals surface area contributed by atoms with Crippen molar-refractivity contribution < 1.29 is 18.4 Å². The van der Waals surface area contributed by atoms with Crippen molar-refractivity contribution in [2.24, 2.45) is 11.7 Å². The Balaban J connectivity index is 2.87. The zero-order valence-corrected chi connectivity index (χ0v) is 15.2. The van der Waals surface area contributed by atoms with Crippen LogP contribution in [0.15, 0.2) is 18.2 Å². The highest BCUT2D eigenvalue weighted by molar-refractivity contribution is 5.98. The predicted octanol–water partition coefficient (Wildman–Crippen LogP) is 2.35. The molecule has 0 saturated carbocycles. The van der Waals surface area contributed by atoms with Crippen LogP contribution in [0.1, 0.15) is 50.9 Å². The number of halogens is 2. The van der Waals surface area contributed by atoms with Crippen LogP contribution < -0.4 is 16.4 Å². The van der Waals surface area contributed by atoms with Crippen molar-refractivity contribution in [3.63, 3.8) is 0 Å². The molecule has 4 N–H and O–H groups in total. The van der Waals surface area contributed by atoms with E-state index in [1.807, 2.05) is 13.8 Å². The third-order valence-corrected chi connectivity index (χ3v) is 4.45. The standard InChI is InChI=1S/C18H27F2N3O2/c1-5-18(21,6-2)10-22-17(25)15(11(3)4)23-16(24)14-12(19)8-7-9-13(14)20/h7-9,11,15H,5-6,10,21H2,1-4H3,(H,22,25)(H,23,24). The summed E-state index contributed by atoms with van der Waals surface area (Å²) in [6.45, 7) is 7.58. The molecule has 1 rings (SSSR count). The lowest BCUT2D eigenvalue weighted by Gasteiger charge is -2.29. The topological polar surface area (TPSA) is 84.2 Å². The van der Waals surface area contributed by atoms with Crippen LogP contribution in [0, 0.1) is 17.6 Å². The number of benzene rings is 1. The number of nitrogens with one attached hydrogen (secondary N) is 2. The van der Waals surface area contributed by atoms with Crippen LogP contribution in [-0.4, -0.2) is 29.9 Å². The number of nitrogens with two attached hydrogens (primary N) is 1. The summed E-state index contributed by atoms with van der Waals surface area (Å²) in [6.07, 6.45) is 1.37. The number of hydrogen-bond donors (Lipinski definition) is 3. The molecule has 0 aliphatic rings. The van der Waals surface area contributed by atoms with E-state index in [4.69, 9.17) is 5.73 Å². The van der Waals surface area contributed by atoms with E-state index in [2.05, 4.69) is 10.6 Å². The molecule has 0 saturated heterocycles. The summed E-state index contributed by atoms with van der Waals surface area (Å²) in [7, 11) is 0. The number of amides is 2. The molecular formula is C18H27F2N3O2. The van der Waals surface area contributed by atoms with Gasteiger partial charge in [-0.2, -0.15) is 0 Å². The first-order chi connectivity index (χ1) is 11.6. The van der Waals surface area contributed by atoms with E-state index < -0.39 is 40.6 Å². The molecule has 25 heavy (non-hydrogen) atoms. The molecule has 0 aliphatic heterocycles. The summed E-state index contributed by atoms with van der Waals surface area (Å²) in [5.74, 6) is -3.61. The van der Waals surface area contributed by atoms with Crippen molar-refractivity contribution in [1.82, 2.24) is 10.6 Å². The zero-order valence-electron chi connectivity index (χ0n) is 15.2. The average molecular weight is 355 g/mol. The lowest BCUT2D eigenvalue weighted by atomic mass is 9.94. The van der Waals surface area contributed by atoms with E-state index in [0.29, 0.717) is 12.8 Å². The molecule has 1 atom stereocenters. The van der Waals surface area contributed by atoms with E-state index in [9.17, 15) is 18.4 Å². The first-order valence-electron chi connectivity index (χ1n) is 8.46. The summed E-state index contributed by atoms with van der Waals surface area (Å²) in [5, 5.41) is 5.14. The Hall–Kier alpha value is -2.02. The molecule has 1 unspecified atom stereocenters. The Labute approximate surface area is 147 Å². The molecule has 0 radical (unpaired) electrons. The summed E-state index contributed by atoms with van der Waals surface area (Å²) in [5.41, 5.74) is 4.93. The van der Waals surface area contributed by atoms with E-state index in [1.54, 1.807) is 13.8 Å². The number of carbonyl (C=O) groups excluding carboxylic acids is 2. The molecule has 1 aromatic rings. The van der Waals surface area contributed by atoms with Gasteiger partial charge >= 0.3 is 0 Å². The minimum Gasteiger partial charge on any atom is -0.352 e. The smallest absolute Gasteiger partial charge is 0.257 e. The largest absolute Gasteiger partial charge is 0.352 e. The molecule has 7 heteroatoms. The van der Waals surface area contributed by atoms with E-state index in [-0.39, 0.29) is 12.5 Å². The number of carbonyl (C=O) groups is 2. The van der Waals surface area contributed by atoms with Crippen LogP contribution in [0.3, 0.4) is 0 Å². The molecule has 0 aromatic heterocycles. The van der Waals surface area contributed by atoms with E-state index in [0.717, 1.165) is 12.1 Å². The molecule has 140 valence electrons. The highest BCUT2D eigenvalue weighted by Gasteiger charge is 2.29. The van der Waals surface area contributed by atoms with Crippen molar-refractivity contribution in [2.75, 3.05) is 6.54 Å². The fraction of sp³-hybridized carbons (Fsp3) is 0.556. The normalized spacial score (nSPS) is 12.8. The van der Waals surface area contributed by atoms with Crippen LogP contribution in [0.4, 0.5) is 8.78 Å². The van der Waals surface area contributed by atoms with Gasteiger partial charge in [0.05, 0.1) is 0 Å². The maximum absolute atomic E-state index is 13.7. The van der Waals surface area contributed by atoms with Crippen molar-refractivity contribution in [3.05, 3.63) is 35.4 Å². The van der Waals surface area contributed by atoms with Gasteiger partial charge in [0.25, 0.3) is 5.91 Å². The molecule has 0 fully saturated rings. The number of hydrogen-bond acceptors (Lipinski definition) is 3. The minimum atomic E-state index is -0.974. The second-order valence-electron chi connectivity index (χ2n) is 6.58. The maximum Gasteiger partial charge on any atom is 0.257 e. The van der Waals surface area contributed by atoms with Gasteiger partial charge < -0.3 is 16.4 Å². The average Bonchev–Trinajstić information content (AvgIpc) is 2.56. The molecule has 0 spiro atoms. The summed E-state index contributed by atoms with van der Waals surface area (Å²) in [6, 6.07) is 2.23. The number of rotatable bonds is 8. The highest BCUT2D eigenvalue weighted by Crippen LogP contribution is 2.14. The summed E-state index contributed by atoms with van der Waals surface area (Å²) in [4.78, 5) is 24.7. The second kappa shape index (κ2) is 8.89.